The summed E-state index contributed by atoms with van der Waals surface area (Å²) in [6, 6.07) is 4.92. The molecule has 3 heterocycles. The number of β-lactam (4-membered cyclic amide) rings is 1. The van der Waals surface area contributed by atoms with Crippen molar-refractivity contribution in [1.82, 2.24) is 9.80 Å². The Bertz CT molecular complexity index is 801. The van der Waals surface area contributed by atoms with E-state index >= 15 is 0 Å². The summed E-state index contributed by atoms with van der Waals surface area (Å²) in [6.07, 6.45) is 0. The molecule has 25 heavy (non-hydrogen) atoms. The molecule has 0 N–H and O–H groups in total. The van der Waals surface area contributed by atoms with Gasteiger partial charge in [0, 0.05) is 4.75 Å². The zero-order chi connectivity index (χ0) is 18.1. The summed E-state index contributed by atoms with van der Waals surface area (Å²) < 4.78 is 4.26. The van der Waals surface area contributed by atoms with Crippen LogP contribution in [-0.2, 0) is 14.3 Å². The summed E-state index contributed by atoms with van der Waals surface area (Å²) in [4.78, 5) is 52.6. The number of fused-ring (bicyclic) bond motifs is 2. The molecule has 1 unspecified atom stereocenters. The number of benzene rings is 1. The Morgan fingerprint density at radius 3 is 2.20 bits per heavy atom. The van der Waals surface area contributed by atoms with Crippen LogP contribution in [0.1, 0.15) is 34.6 Å². The van der Waals surface area contributed by atoms with Crippen LogP contribution in [0.4, 0.5) is 0 Å². The molecule has 130 valence electrons. The van der Waals surface area contributed by atoms with Gasteiger partial charge in [0.2, 0.25) is 0 Å². The number of esters is 1. The van der Waals surface area contributed by atoms with E-state index in [1.54, 1.807) is 24.3 Å². The number of carbonyl (C=O) groups excluding carboxylic acids is 4. The predicted octanol–water partition coefficient (Wildman–Crippen LogP) is 0.886. The van der Waals surface area contributed by atoms with Crippen LogP contribution < -0.4 is 0 Å². The quantitative estimate of drug-likeness (QED) is 0.442. The molecule has 8 heteroatoms. The predicted molar refractivity (Wildman–Crippen MR) is 88.8 cm³/mol. The maximum Gasteiger partial charge on any atom is 0.330 e. The second-order valence-corrected chi connectivity index (χ2v) is 8.52. The smallest absolute Gasteiger partial charge is 0.330 e. The van der Waals surface area contributed by atoms with Crippen molar-refractivity contribution in [2.75, 3.05) is 7.11 Å². The first-order valence-corrected chi connectivity index (χ1v) is 8.72. The van der Waals surface area contributed by atoms with Gasteiger partial charge in [0.1, 0.15) is 17.5 Å². The van der Waals surface area contributed by atoms with Crippen molar-refractivity contribution in [3.8, 4) is 0 Å². The highest BCUT2D eigenvalue weighted by Crippen LogP contribution is 2.53. The van der Waals surface area contributed by atoms with Crippen molar-refractivity contribution in [2.45, 2.75) is 36.1 Å². The molecule has 2 fully saturated rings. The first kappa shape index (κ1) is 16.1. The van der Waals surface area contributed by atoms with Crippen LogP contribution in [0.25, 0.3) is 0 Å². The molecule has 3 amide bonds. The van der Waals surface area contributed by atoms with Crippen molar-refractivity contribution in [3.05, 3.63) is 35.4 Å². The lowest BCUT2D eigenvalue weighted by molar-refractivity contribution is -0.164. The molecular formula is C17H16N2O5S. The number of methoxy groups -OCH3 is 1. The standard InChI is InChI=1S/C17H16N2O5S/c1-17(2)11(16(23)24-3)19-14(22)10(15(19)25-17)18-12(20)8-6-4-5-7-9(8)13(18)21/h4-7,10-11,15H,1-3H3/t10?,11-,15+/m0/s1. The van der Waals surface area contributed by atoms with Gasteiger partial charge in [-0.25, -0.2) is 4.79 Å². The molecular weight excluding hydrogens is 344 g/mol. The number of nitrogens with zero attached hydrogens (tertiary/aromatic N) is 2. The fourth-order valence-electron chi connectivity index (χ4n) is 3.78. The lowest BCUT2D eigenvalue weighted by Gasteiger charge is -2.46. The Kier molecular flexibility index (Phi) is 3.28. The monoisotopic (exact) mass is 360 g/mol. The largest absolute Gasteiger partial charge is 0.467 e. The SMILES string of the molecule is COC(=O)[C@@H]1N2C(=O)C(N3C(=O)c4ccccc4C3=O)[C@H]2SC1(C)C. The number of hydrogen-bond acceptors (Lipinski definition) is 6. The Morgan fingerprint density at radius 2 is 1.68 bits per heavy atom. The van der Waals surface area contributed by atoms with Crippen LogP contribution in [-0.4, -0.2) is 62.8 Å². The minimum absolute atomic E-state index is 0.311. The van der Waals surface area contributed by atoms with E-state index in [1.165, 1.54) is 23.8 Å². The van der Waals surface area contributed by atoms with E-state index in [0.717, 1.165) is 4.90 Å². The summed E-state index contributed by atoms with van der Waals surface area (Å²) in [5.74, 6) is -1.81. The van der Waals surface area contributed by atoms with Gasteiger partial charge in [-0.1, -0.05) is 12.1 Å². The van der Waals surface area contributed by atoms with Crippen LogP contribution in [0.15, 0.2) is 24.3 Å². The van der Waals surface area contributed by atoms with E-state index in [4.69, 9.17) is 4.74 Å². The molecule has 7 nitrogen and oxygen atoms in total. The third-order valence-corrected chi connectivity index (χ3v) is 6.50. The van der Waals surface area contributed by atoms with Crippen LogP contribution >= 0.6 is 11.8 Å². The van der Waals surface area contributed by atoms with Crippen molar-refractivity contribution >= 4 is 35.5 Å². The summed E-state index contributed by atoms with van der Waals surface area (Å²) in [7, 11) is 1.28. The summed E-state index contributed by atoms with van der Waals surface area (Å²) in [5.41, 5.74) is 0.621. The number of thioether (sulfide) groups is 1. The second-order valence-electron chi connectivity index (χ2n) is 6.75. The summed E-state index contributed by atoms with van der Waals surface area (Å²) in [5, 5.41) is -0.436. The lowest BCUT2D eigenvalue weighted by Crippen LogP contribution is -2.71. The molecule has 1 aromatic rings. The van der Waals surface area contributed by atoms with Gasteiger partial charge in [-0.15, -0.1) is 11.8 Å². The maximum absolute atomic E-state index is 12.7. The lowest BCUT2D eigenvalue weighted by atomic mass is 9.95. The van der Waals surface area contributed by atoms with Crippen LogP contribution in [0.2, 0.25) is 0 Å². The van der Waals surface area contributed by atoms with E-state index < -0.39 is 45.9 Å². The first-order valence-electron chi connectivity index (χ1n) is 7.84. The molecule has 0 saturated carbocycles. The highest BCUT2D eigenvalue weighted by molar-refractivity contribution is 8.01. The highest BCUT2D eigenvalue weighted by atomic mass is 32.2. The van der Waals surface area contributed by atoms with E-state index in [-0.39, 0.29) is 0 Å². The van der Waals surface area contributed by atoms with Crippen LogP contribution in [0.5, 0.6) is 0 Å². The highest BCUT2D eigenvalue weighted by Gasteiger charge is 2.67. The molecule has 3 aliphatic heterocycles. The molecule has 0 spiro atoms. The number of rotatable bonds is 2. The molecule has 0 aliphatic carbocycles. The zero-order valence-electron chi connectivity index (χ0n) is 13.9. The van der Waals surface area contributed by atoms with Crippen molar-refractivity contribution in [1.29, 1.82) is 0 Å². The Hall–Kier alpha value is -2.35. The van der Waals surface area contributed by atoms with Crippen molar-refractivity contribution in [3.63, 3.8) is 0 Å². The third kappa shape index (κ3) is 1.94. The molecule has 2 saturated heterocycles. The maximum atomic E-state index is 12.7. The van der Waals surface area contributed by atoms with Gasteiger partial charge < -0.3 is 9.64 Å². The van der Waals surface area contributed by atoms with E-state index in [2.05, 4.69) is 0 Å². The number of ether oxygens (including phenoxy) is 1. The fraction of sp³-hybridized carbons (Fsp3) is 0.412. The number of amides is 3. The zero-order valence-corrected chi connectivity index (χ0v) is 14.7. The van der Waals surface area contributed by atoms with Crippen LogP contribution in [0, 0.1) is 0 Å². The fourth-order valence-corrected chi connectivity index (χ4v) is 5.45. The molecule has 0 bridgehead atoms. The van der Waals surface area contributed by atoms with Gasteiger partial charge in [-0.05, 0) is 26.0 Å². The van der Waals surface area contributed by atoms with Gasteiger partial charge in [0.25, 0.3) is 17.7 Å². The first-order chi connectivity index (χ1) is 11.8. The molecule has 3 atom stereocenters. The third-order valence-electron chi connectivity index (χ3n) is 4.94. The minimum Gasteiger partial charge on any atom is -0.467 e. The summed E-state index contributed by atoms with van der Waals surface area (Å²) >= 11 is 1.41. The topological polar surface area (TPSA) is 84.0 Å². The van der Waals surface area contributed by atoms with Gasteiger partial charge in [0.05, 0.1) is 18.2 Å². The average molecular weight is 360 g/mol. The van der Waals surface area contributed by atoms with Gasteiger partial charge in [-0.2, -0.15) is 0 Å². The Morgan fingerprint density at radius 1 is 1.12 bits per heavy atom. The van der Waals surface area contributed by atoms with E-state index in [1.807, 2.05) is 13.8 Å². The van der Waals surface area contributed by atoms with Gasteiger partial charge in [0.15, 0.2) is 0 Å². The Balaban J connectivity index is 1.68. The van der Waals surface area contributed by atoms with Crippen molar-refractivity contribution in [2.24, 2.45) is 0 Å². The molecule has 0 radical (unpaired) electrons. The minimum atomic E-state index is -0.883. The summed E-state index contributed by atoms with van der Waals surface area (Å²) in [6.45, 7) is 3.70. The Labute approximate surface area is 148 Å². The average Bonchev–Trinajstić information content (AvgIpc) is 2.98. The second kappa shape index (κ2) is 5.08. The molecule has 1 aromatic carbocycles. The molecule has 4 rings (SSSR count). The van der Waals surface area contributed by atoms with E-state index in [9.17, 15) is 19.2 Å². The van der Waals surface area contributed by atoms with Crippen LogP contribution in [0.3, 0.4) is 0 Å². The number of hydrogen-bond donors (Lipinski definition) is 0. The molecule has 3 aliphatic rings. The van der Waals surface area contributed by atoms with Gasteiger partial charge in [-0.3, -0.25) is 19.3 Å². The molecule has 0 aromatic heterocycles. The number of carbonyl (C=O) groups is 4. The normalized spacial score (nSPS) is 29.4. The van der Waals surface area contributed by atoms with E-state index in [0.29, 0.717) is 11.1 Å². The van der Waals surface area contributed by atoms with Gasteiger partial charge >= 0.3 is 5.97 Å². The number of imide groups is 1. The van der Waals surface area contributed by atoms with Crippen molar-refractivity contribution < 1.29 is 23.9 Å².